The number of aliphatic hydroxyl groups excluding tert-OH is 1. The van der Waals surface area contributed by atoms with Crippen molar-refractivity contribution >= 4 is 12.0 Å². The van der Waals surface area contributed by atoms with Crippen LogP contribution < -0.4 is 5.73 Å². The second-order valence-corrected chi connectivity index (χ2v) is 6.94. The molecule has 0 radical (unpaired) electrons. The number of morpholine rings is 1. The molecule has 3 N–H and O–H groups in total. The third kappa shape index (κ3) is 11.4. The van der Waals surface area contributed by atoms with E-state index in [1.165, 1.54) is 17.7 Å². The van der Waals surface area contributed by atoms with E-state index < -0.39 is 17.5 Å². The number of hydrogen-bond donors (Lipinski definition) is 2. The van der Waals surface area contributed by atoms with Crippen LogP contribution in [0.1, 0.15) is 25.3 Å². The first-order valence-corrected chi connectivity index (χ1v) is 10.2. The lowest BCUT2D eigenvalue weighted by Gasteiger charge is -2.26. The predicted molar refractivity (Wildman–Crippen MR) is 120 cm³/mol. The van der Waals surface area contributed by atoms with E-state index in [0.29, 0.717) is 0 Å². The molecule has 0 aliphatic carbocycles. The molecule has 1 saturated heterocycles. The van der Waals surface area contributed by atoms with Gasteiger partial charge in [-0.15, -0.1) is 0 Å². The van der Waals surface area contributed by atoms with Crippen LogP contribution in [-0.4, -0.2) is 55.4 Å². The molecule has 0 spiro atoms. The van der Waals surface area contributed by atoms with E-state index >= 15 is 0 Å². The van der Waals surface area contributed by atoms with E-state index in [9.17, 15) is 13.6 Å². The van der Waals surface area contributed by atoms with Crippen LogP contribution in [0.25, 0.3) is 6.08 Å². The fourth-order valence-electron chi connectivity index (χ4n) is 2.76. The molecule has 2 rings (SSSR count). The zero-order valence-electron chi connectivity index (χ0n) is 18.0. The zero-order chi connectivity index (χ0) is 23.1. The summed E-state index contributed by atoms with van der Waals surface area (Å²) in [5.74, 6) is -2.64. The van der Waals surface area contributed by atoms with Crippen molar-refractivity contribution in [2.24, 2.45) is 5.73 Å². The lowest BCUT2D eigenvalue weighted by atomic mass is 10.1. The number of nitrogens with zero attached hydrogens (tertiary/aromatic N) is 1. The normalized spacial score (nSPS) is 15.2. The number of aliphatic hydroxyl groups is 1. The number of primary amides is 1. The maximum absolute atomic E-state index is 12.9. The number of amides is 1. The van der Waals surface area contributed by atoms with Crippen LogP contribution in [0.4, 0.5) is 8.78 Å². The van der Waals surface area contributed by atoms with Gasteiger partial charge in [0.25, 0.3) is 0 Å². The first-order valence-electron chi connectivity index (χ1n) is 10.2. The highest BCUT2D eigenvalue weighted by atomic mass is 19.2. The van der Waals surface area contributed by atoms with Gasteiger partial charge in [-0.3, -0.25) is 9.69 Å². The number of hydrogen-bond acceptors (Lipinski definition) is 4. The highest BCUT2D eigenvalue weighted by molar-refractivity contribution is 5.90. The number of carbonyl (C=O) groups excluding carboxylic acids is 1. The molecule has 0 saturated carbocycles. The molecule has 0 bridgehead atoms. The third-order valence-corrected chi connectivity index (χ3v) is 4.49. The van der Waals surface area contributed by atoms with E-state index in [4.69, 9.17) is 15.6 Å². The molecule has 0 aromatic heterocycles. The Morgan fingerprint density at radius 2 is 2.00 bits per heavy atom. The predicted octanol–water partition coefficient (Wildman–Crippen LogP) is 3.61. The fraction of sp³-hybridized carbons (Fsp3) is 0.375. The minimum absolute atomic E-state index is 0.00111. The zero-order valence-corrected chi connectivity index (χ0v) is 18.0. The maximum atomic E-state index is 12.9. The molecule has 1 amide bonds. The van der Waals surface area contributed by atoms with Crippen LogP contribution >= 0.6 is 0 Å². The summed E-state index contributed by atoms with van der Waals surface area (Å²) in [4.78, 5) is 12.6. The topological polar surface area (TPSA) is 75.8 Å². The average molecular weight is 435 g/mol. The summed E-state index contributed by atoms with van der Waals surface area (Å²) < 4.78 is 30.8. The number of allylic oxidation sites excluding steroid dienone is 2. The van der Waals surface area contributed by atoms with E-state index in [-0.39, 0.29) is 12.2 Å². The third-order valence-electron chi connectivity index (χ3n) is 4.49. The van der Waals surface area contributed by atoms with Gasteiger partial charge in [-0.2, -0.15) is 0 Å². The monoisotopic (exact) mass is 434 g/mol. The summed E-state index contributed by atoms with van der Waals surface area (Å²) in [5, 5.41) is 8.89. The molecule has 1 heterocycles. The molecule has 1 aliphatic rings. The van der Waals surface area contributed by atoms with Crippen LogP contribution in [0.2, 0.25) is 0 Å². The number of nitrogens with two attached hydrogens (primary N) is 1. The van der Waals surface area contributed by atoms with Gasteiger partial charge in [0, 0.05) is 37.9 Å². The molecular weight excluding hydrogens is 402 g/mol. The summed E-state index contributed by atoms with van der Waals surface area (Å²) in [6, 6.07) is 3.69. The fourth-order valence-corrected chi connectivity index (χ4v) is 2.76. The van der Waals surface area contributed by atoms with E-state index in [1.54, 1.807) is 0 Å². The van der Waals surface area contributed by atoms with Crippen LogP contribution in [0, 0.1) is 11.6 Å². The summed E-state index contributed by atoms with van der Waals surface area (Å²) in [5.41, 5.74) is 7.17. The van der Waals surface area contributed by atoms with Crippen molar-refractivity contribution in [2.45, 2.75) is 19.8 Å². The molecule has 1 aromatic rings. The van der Waals surface area contributed by atoms with Gasteiger partial charge >= 0.3 is 0 Å². The molecule has 0 unspecified atom stereocenters. The van der Waals surface area contributed by atoms with Gasteiger partial charge in [0.15, 0.2) is 11.6 Å². The van der Waals surface area contributed by atoms with Crippen LogP contribution in [0.5, 0.6) is 0 Å². The molecule has 31 heavy (non-hydrogen) atoms. The molecular formula is C24H32F2N2O3. The van der Waals surface area contributed by atoms with Crippen molar-refractivity contribution in [1.29, 1.82) is 0 Å². The Labute approximate surface area is 183 Å². The summed E-state index contributed by atoms with van der Waals surface area (Å²) >= 11 is 0. The molecule has 1 aromatic carbocycles. The van der Waals surface area contributed by atoms with Gasteiger partial charge in [0.1, 0.15) is 0 Å². The smallest absolute Gasteiger partial charge is 0.241 e. The van der Waals surface area contributed by atoms with Gasteiger partial charge in [-0.25, -0.2) is 8.78 Å². The molecule has 1 fully saturated rings. The van der Waals surface area contributed by atoms with E-state index in [1.807, 2.05) is 6.08 Å². The quantitative estimate of drug-likeness (QED) is 0.460. The Morgan fingerprint density at radius 3 is 2.61 bits per heavy atom. The van der Waals surface area contributed by atoms with Crippen molar-refractivity contribution in [3.05, 3.63) is 77.4 Å². The van der Waals surface area contributed by atoms with Crippen molar-refractivity contribution < 1.29 is 23.4 Å². The average Bonchev–Trinajstić information content (AvgIpc) is 2.75. The van der Waals surface area contributed by atoms with Crippen LogP contribution in [0.3, 0.4) is 0 Å². The number of rotatable bonds is 9. The van der Waals surface area contributed by atoms with Crippen molar-refractivity contribution in [3.63, 3.8) is 0 Å². The summed E-state index contributed by atoms with van der Waals surface area (Å²) in [6.45, 7) is 11.0. The Morgan fingerprint density at radius 1 is 1.29 bits per heavy atom. The lowest BCUT2D eigenvalue weighted by Crippen LogP contribution is -2.37. The van der Waals surface area contributed by atoms with Gasteiger partial charge in [0.2, 0.25) is 5.91 Å². The van der Waals surface area contributed by atoms with Gasteiger partial charge in [0.05, 0.1) is 13.2 Å². The Bertz CT molecular complexity index is 798. The molecule has 0 atom stereocenters. The molecule has 1 aliphatic heterocycles. The Balaban J connectivity index is 0.000000327. The van der Waals surface area contributed by atoms with Crippen molar-refractivity contribution in [1.82, 2.24) is 4.90 Å². The number of ether oxygens (including phenoxy) is 1. The minimum atomic E-state index is -0.986. The van der Waals surface area contributed by atoms with E-state index in [2.05, 4.69) is 30.6 Å². The highest BCUT2D eigenvalue weighted by Crippen LogP contribution is 2.12. The maximum Gasteiger partial charge on any atom is 0.241 e. The molecule has 5 nitrogen and oxygen atoms in total. The van der Waals surface area contributed by atoms with Crippen molar-refractivity contribution in [3.8, 4) is 0 Å². The Hall–Kier alpha value is -2.61. The van der Waals surface area contributed by atoms with Gasteiger partial charge in [-0.1, -0.05) is 49.4 Å². The van der Waals surface area contributed by atoms with Crippen LogP contribution in [0.15, 0.2) is 60.2 Å². The lowest BCUT2D eigenvalue weighted by molar-refractivity contribution is -0.113. The number of halogens is 2. The second kappa shape index (κ2) is 15.2. The summed E-state index contributed by atoms with van der Waals surface area (Å²) in [6.07, 6.45) is 10.0. The summed E-state index contributed by atoms with van der Waals surface area (Å²) in [7, 11) is 0. The largest absolute Gasteiger partial charge is 0.396 e. The first-order chi connectivity index (χ1) is 14.9. The SMILES string of the molecule is C=C(/C=C\C=C(/CC)CCO)CN1CCOCC1.NC(=O)/C=C/c1cccc(F)c1F. The standard InChI is InChI=1S/C15H25NO2.C9H7F2NO/c1-3-15(7-10-17)6-4-5-14(2)13-16-8-11-18-12-9-16;10-7-3-1-2-6(9(7)11)4-5-8(12)13/h4-6,17H,2-3,7-13H2,1H3;1-5H,(H2,12,13)/b5-4-,15-6+;5-4+. The second-order valence-electron chi connectivity index (χ2n) is 6.94. The minimum Gasteiger partial charge on any atom is -0.396 e. The van der Waals surface area contributed by atoms with E-state index in [0.717, 1.165) is 69.5 Å². The van der Waals surface area contributed by atoms with Crippen LogP contribution in [-0.2, 0) is 9.53 Å². The highest BCUT2D eigenvalue weighted by Gasteiger charge is 2.09. The molecule has 7 heteroatoms. The van der Waals surface area contributed by atoms with Gasteiger partial charge < -0.3 is 15.6 Å². The van der Waals surface area contributed by atoms with Crippen molar-refractivity contribution in [2.75, 3.05) is 39.5 Å². The molecule has 170 valence electrons. The van der Waals surface area contributed by atoms with Gasteiger partial charge in [-0.05, 0) is 30.6 Å². The Kier molecular flexibility index (Phi) is 13.0. The first kappa shape index (κ1) is 26.4. The number of benzene rings is 1. The number of carbonyl (C=O) groups is 1.